The first-order chi connectivity index (χ1) is 17.7. The third kappa shape index (κ3) is 4.58. The van der Waals surface area contributed by atoms with Gasteiger partial charge in [-0.1, -0.05) is 35.9 Å². The Morgan fingerprint density at radius 2 is 1.81 bits per heavy atom. The number of carbonyl (C=O) groups excluding carboxylic acids is 1. The second-order valence-electron chi connectivity index (χ2n) is 10.2. The number of methoxy groups -OCH3 is 1. The minimum absolute atomic E-state index is 0.0112. The summed E-state index contributed by atoms with van der Waals surface area (Å²) in [5.74, 6) is -1.23. The molecule has 1 atom stereocenters. The van der Waals surface area contributed by atoms with Crippen LogP contribution in [0, 0.1) is 12.8 Å². The Labute approximate surface area is 219 Å². The van der Waals surface area contributed by atoms with E-state index in [2.05, 4.69) is 10.3 Å². The van der Waals surface area contributed by atoms with E-state index in [0.29, 0.717) is 55.4 Å². The Morgan fingerprint density at radius 1 is 1.14 bits per heavy atom. The lowest BCUT2D eigenvalue weighted by Crippen LogP contribution is -2.59. The van der Waals surface area contributed by atoms with Crippen LogP contribution in [0.25, 0.3) is 10.9 Å². The zero-order valence-corrected chi connectivity index (χ0v) is 21.6. The molecule has 1 aliphatic carbocycles. The van der Waals surface area contributed by atoms with Crippen molar-refractivity contribution in [3.05, 3.63) is 63.8 Å². The molecule has 0 radical (unpaired) electrons. The average Bonchev–Trinajstić information content (AvgIpc) is 3.20. The number of aryl methyl sites for hydroxylation is 1. The van der Waals surface area contributed by atoms with Gasteiger partial charge in [0.2, 0.25) is 0 Å². The smallest absolute Gasteiger partial charge is 0.311 e. The Hall–Kier alpha value is -3.07. The van der Waals surface area contributed by atoms with Crippen molar-refractivity contribution in [1.82, 2.24) is 10.3 Å². The largest absolute Gasteiger partial charge is 0.495 e. The van der Waals surface area contributed by atoms with Gasteiger partial charge in [0.25, 0.3) is 5.91 Å². The van der Waals surface area contributed by atoms with E-state index < -0.39 is 17.4 Å². The molecule has 1 aliphatic heterocycles. The number of carboxylic acids is 1. The van der Waals surface area contributed by atoms with Crippen LogP contribution >= 0.6 is 11.6 Å². The molecule has 0 bridgehead atoms. The fourth-order valence-electron chi connectivity index (χ4n) is 5.72. The molecule has 37 heavy (non-hydrogen) atoms. The normalized spacial score (nSPS) is 21.7. The number of aromatic amines is 1. The second kappa shape index (κ2) is 10.0. The molecule has 8 nitrogen and oxygen atoms in total. The summed E-state index contributed by atoms with van der Waals surface area (Å²) in [6.45, 7) is 2.47. The predicted molar refractivity (Wildman–Crippen MR) is 139 cm³/mol. The molecule has 1 saturated carbocycles. The number of H-pyrrole nitrogens is 1. The first kappa shape index (κ1) is 25.6. The van der Waals surface area contributed by atoms with Crippen LogP contribution in [-0.2, 0) is 15.1 Å². The third-order valence-corrected chi connectivity index (χ3v) is 8.29. The number of carbonyl (C=O) groups is 2. The fraction of sp³-hybridized carbons (Fsp3) is 0.429. The maximum atomic E-state index is 13.4. The van der Waals surface area contributed by atoms with Crippen molar-refractivity contribution in [2.45, 2.75) is 50.2 Å². The molecule has 3 aromatic rings. The topological polar surface area (TPSA) is 121 Å². The van der Waals surface area contributed by atoms with Crippen LogP contribution in [0.4, 0.5) is 0 Å². The highest BCUT2D eigenvalue weighted by molar-refractivity contribution is 6.37. The van der Waals surface area contributed by atoms with E-state index in [1.165, 1.54) is 0 Å². The van der Waals surface area contributed by atoms with E-state index >= 15 is 0 Å². The third-order valence-electron chi connectivity index (χ3n) is 7.91. The van der Waals surface area contributed by atoms with Crippen molar-refractivity contribution in [3.8, 4) is 5.75 Å². The number of aliphatic hydroxyl groups excluding tert-OH is 1. The van der Waals surface area contributed by atoms with Crippen LogP contribution in [0.2, 0.25) is 5.02 Å². The lowest BCUT2D eigenvalue weighted by Gasteiger charge is -2.42. The van der Waals surface area contributed by atoms with E-state index in [-0.39, 0.29) is 17.9 Å². The number of hydrogen-bond acceptors (Lipinski definition) is 5. The highest BCUT2D eigenvalue weighted by Crippen LogP contribution is 2.39. The molecule has 9 heteroatoms. The molecule has 1 saturated heterocycles. The standard InChI is InChI=1S/C28H31ClN2O6/c1-15-22-20(11-12-21(36-2)24(22)29)30-25(15)26(33)31-28(13-37-14-28)18-7-3-16(4-8-18)23(27(34)35)17-5-9-19(32)10-6-17/h3-4,7-8,11-12,17,19,23,30,32H,5-6,9-10,13-14H2,1-2H3,(H,31,33)(H,34,35). The molecule has 1 amide bonds. The molecule has 5 rings (SSSR count). The minimum Gasteiger partial charge on any atom is -0.495 e. The van der Waals surface area contributed by atoms with Gasteiger partial charge >= 0.3 is 5.97 Å². The minimum atomic E-state index is -0.853. The van der Waals surface area contributed by atoms with E-state index in [4.69, 9.17) is 21.1 Å². The predicted octanol–water partition coefficient (Wildman–Crippen LogP) is 4.51. The highest BCUT2D eigenvalue weighted by Gasteiger charge is 2.43. The molecule has 1 aromatic heterocycles. The molecule has 196 valence electrons. The van der Waals surface area contributed by atoms with Crippen molar-refractivity contribution < 1.29 is 29.3 Å². The highest BCUT2D eigenvalue weighted by atomic mass is 35.5. The van der Waals surface area contributed by atoms with Crippen LogP contribution in [0.3, 0.4) is 0 Å². The summed E-state index contributed by atoms with van der Waals surface area (Å²) in [7, 11) is 1.55. The van der Waals surface area contributed by atoms with Gasteiger partial charge < -0.3 is 30.0 Å². The second-order valence-corrected chi connectivity index (χ2v) is 10.5. The molecule has 2 heterocycles. The molecule has 2 aliphatic rings. The van der Waals surface area contributed by atoms with Crippen molar-refractivity contribution in [2.24, 2.45) is 5.92 Å². The van der Waals surface area contributed by atoms with E-state index in [1.54, 1.807) is 13.2 Å². The molecular formula is C28H31ClN2O6. The van der Waals surface area contributed by atoms with Crippen molar-refractivity contribution >= 4 is 34.4 Å². The number of aliphatic carboxylic acids is 1. The Morgan fingerprint density at radius 3 is 2.38 bits per heavy atom. The molecule has 2 fully saturated rings. The van der Waals surface area contributed by atoms with Gasteiger partial charge in [0, 0.05) is 10.9 Å². The number of ether oxygens (including phenoxy) is 2. The van der Waals surface area contributed by atoms with Gasteiger partial charge in [-0.3, -0.25) is 9.59 Å². The fourth-order valence-corrected chi connectivity index (χ4v) is 6.11. The zero-order chi connectivity index (χ0) is 26.3. The average molecular weight is 527 g/mol. The van der Waals surface area contributed by atoms with Crippen molar-refractivity contribution in [3.63, 3.8) is 0 Å². The number of nitrogens with one attached hydrogen (secondary N) is 2. The number of aliphatic hydroxyl groups is 1. The SMILES string of the molecule is COc1ccc2[nH]c(C(=O)NC3(c4ccc(C(C(=O)O)C5CCC(O)CC5)cc4)COC3)c(C)c2c1Cl. The molecule has 4 N–H and O–H groups in total. The quantitative estimate of drug-likeness (QED) is 0.359. The van der Waals surface area contributed by atoms with Gasteiger partial charge in [-0.05, 0) is 67.3 Å². The Bertz CT molecular complexity index is 1320. The number of aromatic nitrogens is 1. The van der Waals surface area contributed by atoms with Gasteiger partial charge in [0.1, 0.15) is 17.0 Å². The lowest BCUT2D eigenvalue weighted by atomic mass is 9.75. The van der Waals surface area contributed by atoms with Gasteiger partial charge in [-0.25, -0.2) is 0 Å². The van der Waals surface area contributed by atoms with Gasteiger partial charge in [-0.15, -0.1) is 0 Å². The maximum Gasteiger partial charge on any atom is 0.311 e. The summed E-state index contributed by atoms with van der Waals surface area (Å²) in [5.41, 5.74) is 2.75. The number of halogens is 1. The Kier molecular flexibility index (Phi) is 6.91. The maximum absolute atomic E-state index is 13.4. The first-order valence-corrected chi connectivity index (χ1v) is 12.9. The first-order valence-electron chi connectivity index (χ1n) is 12.5. The van der Waals surface area contributed by atoms with Crippen molar-refractivity contribution in [2.75, 3.05) is 20.3 Å². The van der Waals surface area contributed by atoms with E-state index in [0.717, 1.165) is 27.6 Å². The molecule has 2 aromatic carbocycles. The van der Waals surface area contributed by atoms with Crippen LogP contribution in [0.1, 0.15) is 58.8 Å². The number of hydrogen-bond donors (Lipinski definition) is 4. The summed E-state index contributed by atoms with van der Waals surface area (Å²) in [5, 5.41) is 24.1. The summed E-state index contributed by atoms with van der Waals surface area (Å²) in [4.78, 5) is 28.7. The van der Waals surface area contributed by atoms with Gasteiger partial charge in [0.15, 0.2) is 0 Å². The number of rotatable bonds is 7. The summed E-state index contributed by atoms with van der Waals surface area (Å²) < 4.78 is 10.8. The summed E-state index contributed by atoms with van der Waals surface area (Å²) in [6.07, 6.45) is 2.30. The summed E-state index contributed by atoms with van der Waals surface area (Å²) >= 11 is 6.51. The van der Waals surface area contributed by atoms with E-state index in [1.807, 2.05) is 37.3 Å². The van der Waals surface area contributed by atoms with Crippen LogP contribution in [0.15, 0.2) is 36.4 Å². The summed E-state index contributed by atoms with van der Waals surface area (Å²) in [6, 6.07) is 11.0. The lowest BCUT2D eigenvalue weighted by molar-refractivity contribution is -0.140. The van der Waals surface area contributed by atoms with Crippen LogP contribution in [-0.4, -0.2) is 53.5 Å². The number of carboxylic acid groups (broad SMARTS) is 1. The van der Waals surface area contributed by atoms with Gasteiger partial charge in [0.05, 0.1) is 37.4 Å². The van der Waals surface area contributed by atoms with Crippen LogP contribution in [0.5, 0.6) is 5.75 Å². The zero-order valence-electron chi connectivity index (χ0n) is 20.8. The molecular weight excluding hydrogens is 496 g/mol. The number of benzene rings is 2. The van der Waals surface area contributed by atoms with Gasteiger partial charge in [-0.2, -0.15) is 0 Å². The van der Waals surface area contributed by atoms with Crippen molar-refractivity contribution in [1.29, 1.82) is 0 Å². The monoisotopic (exact) mass is 526 g/mol. The molecule has 1 unspecified atom stereocenters. The molecule has 0 spiro atoms. The number of amides is 1. The Balaban J connectivity index is 1.39. The number of fused-ring (bicyclic) bond motifs is 1. The van der Waals surface area contributed by atoms with Crippen LogP contribution < -0.4 is 10.1 Å². The van der Waals surface area contributed by atoms with E-state index in [9.17, 15) is 19.8 Å².